The molecular formula is C9H6BrFIN3. The standard InChI is InChI=1S/C9H6BrFIN3/c10-4-1-2-6(12)5(3-4)8-7(11)9(13)15-14-8/h1-3H,(H3,13,14,15). The highest BCUT2D eigenvalue weighted by Gasteiger charge is 2.14. The van der Waals surface area contributed by atoms with E-state index in [1.807, 2.05) is 18.2 Å². The normalized spacial score (nSPS) is 10.6. The van der Waals surface area contributed by atoms with Crippen LogP contribution in [0.3, 0.4) is 0 Å². The average Bonchev–Trinajstić information content (AvgIpc) is 2.52. The quantitative estimate of drug-likeness (QED) is 0.745. The number of rotatable bonds is 1. The summed E-state index contributed by atoms with van der Waals surface area (Å²) in [5.74, 6) is -0.619. The second-order valence-corrected chi connectivity index (χ2v) is 5.00. The van der Waals surface area contributed by atoms with Crippen LogP contribution < -0.4 is 5.73 Å². The molecule has 0 amide bonds. The van der Waals surface area contributed by atoms with Crippen molar-refractivity contribution in [3.8, 4) is 11.3 Å². The highest BCUT2D eigenvalue weighted by molar-refractivity contribution is 14.1. The molecule has 0 saturated carbocycles. The molecule has 3 N–H and O–H groups in total. The van der Waals surface area contributed by atoms with Crippen LogP contribution >= 0.6 is 38.5 Å². The summed E-state index contributed by atoms with van der Waals surface area (Å²) in [6.07, 6.45) is 0. The summed E-state index contributed by atoms with van der Waals surface area (Å²) in [7, 11) is 0. The van der Waals surface area contributed by atoms with Crippen molar-refractivity contribution in [1.29, 1.82) is 0 Å². The third kappa shape index (κ3) is 2.00. The number of anilines is 1. The van der Waals surface area contributed by atoms with Gasteiger partial charge in [-0.3, -0.25) is 5.10 Å². The van der Waals surface area contributed by atoms with Crippen LogP contribution in [0, 0.1) is 9.39 Å². The third-order valence-corrected chi connectivity index (χ3v) is 3.36. The van der Waals surface area contributed by atoms with E-state index in [9.17, 15) is 4.39 Å². The van der Waals surface area contributed by atoms with Crippen LogP contribution in [0.25, 0.3) is 11.3 Å². The minimum Gasteiger partial charge on any atom is -0.380 e. The van der Waals surface area contributed by atoms with E-state index in [1.165, 1.54) is 0 Å². The molecule has 0 bridgehead atoms. The molecular weight excluding hydrogens is 376 g/mol. The third-order valence-electron chi connectivity index (χ3n) is 1.93. The van der Waals surface area contributed by atoms with E-state index in [0.717, 1.165) is 13.6 Å². The molecule has 1 aromatic carbocycles. The van der Waals surface area contributed by atoms with Gasteiger partial charge in [-0.05, 0) is 40.8 Å². The Bertz CT molecular complexity index is 512. The highest BCUT2D eigenvalue weighted by Crippen LogP contribution is 2.30. The van der Waals surface area contributed by atoms with Crippen LogP contribution in [-0.2, 0) is 0 Å². The Labute approximate surface area is 108 Å². The lowest BCUT2D eigenvalue weighted by atomic mass is 10.1. The van der Waals surface area contributed by atoms with Crippen molar-refractivity contribution < 1.29 is 4.39 Å². The van der Waals surface area contributed by atoms with E-state index >= 15 is 0 Å². The Hall–Kier alpha value is -0.630. The minimum atomic E-state index is -0.508. The fraction of sp³-hybridized carbons (Fsp3) is 0. The number of hydrogen-bond donors (Lipinski definition) is 2. The van der Waals surface area contributed by atoms with E-state index in [4.69, 9.17) is 5.73 Å². The summed E-state index contributed by atoms with van der Waals surface area (Å²) in [6, 6.07) is 5.59. The highest BCUT2D eigenvalue weighted by atomic mass is 127. The molecule has 0 atom stereocenters. The molecule has 78 valence electrons. The zero-order valence-corrected chi connectivity index (χ0v) is 11.1. The van der Waals surface area contributed by atoms with Crippen molar-refractivity contribution >= 4 is 44.3 Å². The van der Waals surface area contributed by atoms with Gasteiger partial charge in [0.1, 0.15) is 5.69 Å². The summed E-state index contributed by atoms with van der Waals surface area (Å²) < 4.78 is 15.3. The number of benzene rings is 1. The Morgan fingerprint density at radius 1 is 1.47 bits per heavy atom. The average molecular weight is 382 g/mol. The molecule has 2 rings (SSSR count). The van der Waals surface area contributed by atoms with Crippen LogP contribution in [0.1, 0.15) is 0 Å². The maximum Gasteiger partial charge on any atom is 0.192 e. The van der Waals surface area contributed by atoms with Crippen LogP contribution in [-0.4, -0.2) is 10.2 Å². The molecule has 0 fully saturated rings. The van der Waals surface area contributed by atoms with Crippen molar-refractivity contribution in [3.05, 3.63) is 32.1 Å². The first-order valence-corrected chi connectivity index (χ1v) is 5.91. The molecule has 0 aliphatic rings. The van der Waals surface area contributed by atoms with Gasteiger partial charge in [-0.25, -0.2) is 4.39 Å². The number of hydrogen-bond acceptors (Lipinski definition) is 2. The number of nitrogens with zero attached hydrogens (tertiary/aromatic N) is 1. The van der Waals surface area contributed by atoms with Crippen LogP contribution in [0.5, 0.6) is 0 Å². The predicted octanol–water partition coefficient (Wildman–Crippen LogP) is 3.17. The number of nitrogen functional groups attached to an aromatic ring is 1. The van der Waals surface area contributed by atoms with Crippen LogP contribution in [0.4, 0.5) is 10.2 Å². The zero-order chi connectivity index (χ0) is 11.0. The molecule has 0 aliphatic heterocycles. The number of nitrogens with one attached hydrogen (secondary N) is 1. The second-order valence-electron chi connectivity index (χ2n) is 2.92. The van der Waals surface area contributed by atoms with Gasteiger partial charge in [0, 0.05) is 13.6 Å². The largest absolute Gasteiger partial charge is 0.380 e. The summed E-state index contributed by atoms with van der Waals surface area (Å²) in [5, 5.41) is 6.20. The van der Waals surface area contributed by atoms with Crippen molar-refractivity contribution in [2.24, 2.45) is 0 Å². The maximum absolute atomic E-state index is 13.5. The van der Waals surface area contributed by atoms with Gasteiger partial charge in [0.15, 0.2) is 11.6 Å². The molecule has 0 spiro atoms. The molecule has 15 heavy (non-hydrogen) atoms. The maximum atomic E-state index is 13.5. The van der Waals surface area contributed by atoms with Gasteiger partial charge in [-0.1, -0.05) is 15.9 Å². The SMILES string of the molecule is Nc1n[nH]c(-c2cc(Br)ccc2I)c1F. The van der Waals surface area contributed by atoms with E-state index in [0.29, 0.717) is 5.69 Å². The van der Waals surface area contributed by atoms with Crippen molar-refractivity contribution in [1.82, 2.24) is 10.2 Å². The Morgan fingerprint density at radius 3 is 2.80 bits per heavy atom. The summed E-state index contributed by atoms with van der Waals surface area (Å²) in [4.78, 5) is 0. The number of nitrogens with two attached hydrogens (primary N) is 1. The molecule has 0 aliphatic carbocycles. The van der Waals surface area contributed by atoms with Crippen LogP contribution in [0.2, 0.25) is 0 Å². The molecule has 1 aromatic heterocycles. The van der Waals surface area contributed by atoms with Gasteiger partial charge in [-0.2, -0.15) is 5.10 Å². The van der Waals surface area contributed by atoms with E-state index in [-0.39, 0.29) is 5.82 Å². The number of aromatic amines is 1. The number of aromatic nitrogens is 2. The molecule has 3 nitrogen and oxygen atoms in total. The second kappa shape index (κ2) is 4.09. The minimum absolute atomic E-state index is 0.110. The molecule has 2 aromatic rings. The van der Waals surface area contributed by atoms with Gasteiger partial charge in [0.05, 0.1) is 0 Å². The molecule has 0 unspecified atom stereocenters. The first-order chi connectivity index (χ1) is 7.09. The first kappa shape index (κ1) is 10.9. The first-order valence-electron chi connectivity index (χ1n) is 4.04. The van der Waals surface area contributed by atoms with Crippen molar-refractivity contribution in [3.63, 3.8) is 0 Å². The lowest BCUT2D eigenvalue weighted by Gasteiger charge is -2.02. The van der Waals surface area contributed by atoms with Crippen LogP contribution in [0.15, 0.2) is 22.7 Å². The zero-order valence-electron chi connectivity index (χ0n) is 7.39. The predicted molar refractivity (Wildman–Crippen MR) is 68.8 cm³/mol. The van der Waals surface area contributed by atoms with Gasteiger partial charge >= 0.3 is 0 Å². The molecule has 6 heteroatoms. The molecule has 1 heterocycles. The van der Waals surface area contributed by atoms with Gasteiger partial charge in [0.2, 0.25) is 0 Å². The van der Waals surface area contributed by atoms with E-state index in [1.54, 1.807) is 0 Å². The van der Waals surface area contributed by atoms with E-state index in [2.05, 4.69) is 48.7 Å². The fourth-order valence-electron chi connectivity index (χ4n) is 1.21. The lowest BCUT2D eigenvalue weighted by molar-refractivity contribution is 0.636. The topological polar surface area (TPSA) is 54.7 Å². The lowest BCUT2D eigenvalue weighted by Crippen LogP contribution is -1.89. The van der Waals surface area contributed by atoms with Crippen molar-refractivity contribution in [2.45, 2.75) is 0 Å². The molecule has 0 saturated heterocycles. The molecule has 0 radical (unpaired) electrons. The monoisotopic (exact) mass is 381 g/mol. The van der Waals surface area contributed by atoms with Gasteiger partial charge in [-0.15, -0.1) is 0 Å². The number of H-pyrrole nitrogens is 1. The van der Waals surface area contributed by atoms with E-state index < -0.39 is 5.82 Å². The van der Waals surface area contributed by atoms with Crippen molar-refractivity contribution in [2.75, 3.05) is 5.73 Å². The fourth-order valence-corrected chi connectivity index (χ4v) is 2.18. The van der Waals surface area contributed by atoms with Gasteiger partial charge < -0.3 is 5.73 Å². The Kier molecular flexibility index (Phi) is 2.96. The Balaban J connectivity index is 2.63. The summed E-state index contributed by atoms with van der Waals surface area (Å²) >= 11 is 5.46. The summed E-state index contributed by atoms with van der Waals surface area (Å²) in [6.45, 7) is 0. The smallest absolute Gasteiger partial charge is 0.192 e. The number of halogens is 3. The Morgan fingerprint density at radius 2 is 2.20 bits per heavy atom. The summed E-state index contributed by atoms with van der Waals surface area (Å²) in [5.41, 5.74) is 6.39. The van der Waals surface area contributed by atoms with Gasteiger partial charge in [0.25, 0.3) is 0 Å².